The second-order valence-corrected chi connectivity index (χ2v) is 4.53. The third-order valence-electron chi connectivity index (χ3n) is 3.22. The van der Waals surface area contributed by atoms with Gasteiger partial charge in [0.1, 0.15) is 5.75 Å². The number of ether oxygens (including phenoxy) is 1. The fourth-order valence-corrected chi connectivity index (χ4v) is 2.21. The molecule has 1 aromatic rings. The summed E-state index contributed by atoms with van der Waals surface area (Å²) in [5.74, 6) is 3.47. The lowest BCUT2D eigenvalue weighted by molar-refractivity contribution is 0.414. The van der Waals surface area contributed by atoms with Crippen LogP contribution < -0.4 is 4.74 Å². The van der Waals surface area contributed by atoms with Crippen molar-refractivity contribution in [3.05, 3.63) is 29.8 Å². The van der Waals surface area contributed by atoms with Gasteiger partial charge >= 0.3 is 0 Å². The average molecular weight is 190 g/mol. The first-order chi connectivity index (χ1) is 6.72. The molecule has 2 rings (SSSR count). The molecule has 1 saturated carbocycles. The van der Waals surface area contributed by atoms with Gasteiger partial charge in [-0.1, -0.05) is 26.0 Å². The summed E-state index contributed by atoms with van der Waals surface area (Å²) in [6, 6.07) is 8.49. The zero-order valence-electron chi connectivity index (χ0n) is 9.16. The number of rotatable bonds is 3. The Bertz CT molecular complexity index is 317. The van der Waals surface area contributed by atoms with Crippen molar-refractivity contribution in [1.82, 2.24) is 0 Å². The fourth-order valence-electron chi connectivity index (χ4n) is 2.21. The Hall–Kier alpha value is -0.980. The largest absolute Gasteiger partial charge is 0.497 e. The van der Waals surface area contributed by atoms with E-state index in [1.165, 1.54) is 12.0 Å². The molecule has 76 valence electrons. The van der Waals surface area contributed by atoms with Gasteiger partial charge < -0.3 is 4.74 Å². The predicted molar refractivity (Wildman–Crippen MR) is 58.7 cm³/mol. The monoisotopic (exact) mass is 190 g/mol. The molecule has 0 amide bonds. The van der Waals surface area contributed by atoms with Gasteiger partial charge in [-0.15, -0.1) is 0 Å². The molecule has 2 atom stereocenters. The molecule has 1 nitrogen and oxygen atoms in total. The summed E-state index contributed by atoms with van der Waals surface area (Å²) in [6.07, 6.45) is 1.35. The van der Waals surface area contributed by atoms with Gasteiger partial charge in [-0.05, 0) is 41.9 Å². The van der Waals surface area contributed by atoms with Crippen LogP contribution in [0.4, 0.5) is 0 Å². The van der Waals surface area contributed by atoms with E-state index < -0.39 is 0 Å². The molecule has 0 radical (unpaired) electrons. The van der Waals surface area contributed by atoms with E-state index in [1.807, 2.05) is 6.07 Å². The standard InChI is InChI=1S/C13H18O/c1-9(2)12-8-13(12)10-5-4-6-11(7-10)14-3/h4-7,9,12-13H,8H2,1-3H3/t12-,13-/m1/s1. The Labute approximate surface area is 86.1 Å². The van der Waals surface area contributed by atoms with Gasteiger partial charge in [-0.2, -0.15) is 0 Å². The molecule has 0 unspecified atom stereocenters. The molecule has 0 aliphatic heterocycles. The summed E-state index contributed by atoms with van der Waals surface area (Å²) in [4.78, 5) is 0. The van der Waals surface area contributed by atoms with Crippen molar-refractivity contribution in [1.29, 1.82) is 0 Å². The van der Waals surface area contributed by atoms with Crippen molar-refractivity contribution in [2.45, 2.75) is 26.2 Å². The number of benzene rings is 1. The topological polar surface area (TPSA) is 9.23 Å². The molecule has 1 heteroatoms. The summed E-state index contributed by atoms with van der Waals surface area (Å²) in [5, 5.41) is 0. The molecule has 1 fully saturated rings. The number of methoxy groups -OCH3 is 1. The van der Waals surface area contributed by atoms with Gasteiger partial charge in [0.15, 0.2) is 0 Å². The smallest absolute Gasteiger partial charge is 0.119 e. The Morgan fingerprint density at radius 1 is 1.36 bits per heavy atom. The van der Waals surface area contributed by atoms with Crippen molar-refractivity contribution in [3.8, 4) is 5.75 Å². The van der Waals surface area contributed by atoms with Crippen LogP contribution in [0.15, 0.2) is 24.3 Å². The fraction of sp³-hybridized carbons (Fsp3) is 0.538. The highest BCUT2D eigenvalue weighted by atomic mass is 16.5. The summed E-state index contributed by atoms with van der Waals surface area (Å²) in [7, 11) is 1.73. The van der Waals surface area contributed by atoms with E-state index in [0.29, 0.717) is 0 Å². The first-order valence-corrected chi connectivity index (χ1v) is 5.36. The normalized spacial score (nSPS) is 25.1. The zero-order valence-corrected chi connectivity index (χ0v) is 9.16. The van der Waals surface area contributed by atoms with Crippen LogP contribution in [0.3, 0.4) is 0 Å². The maximum Gasteiger partial charge on any atom is 0.119 e. The molecule has 0 heterocycles. The molecule has 14 heavy (non-hydrogen) atoms. The van der Waals surface area contributed by atoms with Crippen LogP contribution in [-0.4, -0.2) is 7.11 Å². The molecule has 0 aromatic heterocycles. The minimum atomic E-state index is 0.782. The minimum Gasteiger partial charge on any atom is -0.497 e. The Morgan fingerprint density at radius 3 is 2.71 bits per heavy atom. The van der Waals surface area contributed by atoms with E-state index in [-0.39, 0.29) is 0 Å². The minimum absolute atomic E-state index is 0.782. The van der Waals surface area contributed by atoms with Gasteiger partial charge in [-0.3, -0.25) is 0 Å². The highest BCUT2D eigenvalue weighted by molar-refractivity contribution is 5.34. The van der Waals surface area contributed by atoms with Gasteiger partial charge in [0.2, 0.25) is 0 Å². The maximum absolute atomic E-state index is 5.23. The van der Waals surface area contributed by atoms with Gasteiger partial charge in [0.25, 0.3) is 0 Å². The van der Waals surface area contributed by atoms with Gasteiger partial charge in [0, 0.05) is 0 Å². The molecule has 0 saturated heterocycles. The second-order valence-electron chi connectivity index (χ2n) is 4.53. The van der Waals surface area contributed by atoms with Crippen LogP contribution in [0, 0.1) is 11.8 Å². The van der Waals surface area contributed by atoms with Crippen molar-refractivity contribution in [3.63, 3.8) is 0 Å². The van der Waals surface area contributed by atoms with Crippen molar-refractivity contribution in [2.24, 2.45) is 11.8 Å². The highest BCUT2D eigenvalue weighted by Crippen LogP contribution is 2.51. The predicted octanol–water partition coefficient (Wildman–Crippen LogP) is 3.45. The van der Waals surface area contributed by atoms with Crippen molar-refractivity contribution in [2.75, 3.05) is 7.11 Å². The summed E-state index contributed by atoms with van der Waals surface area (Å²) < 4.78 is 5.23. The first kappa shape index (κ1) is 9.57. The number of hydrogen-bond acceptors (Lipinski definition) is 1. The second kappa shape index (κ2) is 3.64. The SMILES string of the molecule is COc1cccc([C@H]2C[C@@H]2C(C)C)c1. The first-order valence-electron chi connectivity index (χ1n) is 5.36. The molecule has 0 spiro atoms. The molecular formula is C13H18O. The van der Waals surface area contributed by atoms with E-state index in [4.69, 9.17) is 4.74 Å². The van der Waals surface area contributed by atoms with Crippen LogP contribution in [0.5, 0.6) is 5.75 Å². The van der Waals surface area contributed by atoms with E-state index in [1.54, 1.807) is 7.11 Å². The quantitative estimate of drug-likeness (QED) is 0.709. The summed E-state index contributed by atoms with van der Waals surface area (Å²) in [6.45, 7) is 4.62. The van der Waals surface area contributed by atoms with Crippen LogP contribution in [-0.2, 0) is 0 Å². The lowest BCUT2D eigenvalue weighted by Gasteiger charge is -2.05. The Kier molecular flexibility index (Phi) is 2.49. The Morgan fingerprint density at radius 2 is 2.14 bits per heavy atom. The maximum atomic E-state index is 5.23. The lowest BCUT2D eigenvalue weighted by atomic mass is 10.0. The Balaban J connectivity index is 2.11. The average Bonchev–Trinajstić information content (AvgIpc) is 2.97. The van der Waals surface area contributed by atoms with E-state index in [2.05, 4.69) is 32.0 Å². The van der Waals surface area contributed by atoms with Crippen LogP contribution in [0.2, 0.25) is 0 Å². The number of hydrogen-bond donors (Lipinski definition) is 0. The van der Waals surface area contributed by atoms with Gasteiger partial charge in [-0.25, -0.2) is 0 Å². The molecule has 1 aromatic carbocycles. The molecular weight excluding hydrogens is 172 g/mol. The highest BCUT2D eigenvalue weighted by Gasteiger charge is 2.40. The summed E-state index contributed by atoms with van der Waals surface area (Å²) in [5.41, 5.74) is 1.45. The van der Waals surface area contributed by atoms with Crippen LogP contribution in [0.25, 0.3) is 0 Å². The van der Waals surface area contributed by atoms with Crippen LogP contribution in [0.1, 0.15) is 31.7 Å². The molecule has 0 N–H and O–H groups in total. The van der Waals surface area contributed by atoms with E-state index >= 15 is 0 Å². The lowest BCUT2D eigenvalue weighted by Crippen LogP contribution is -1.92. The van der Waals surface area contributed by atoms with Crippen molar-refractivity contribution < 1.29 is 4.74 Å². The van der Waals surface area contributed by atoms with Crippen molar-refractivity contribution >= 4 is 0 Å². The molecule has 1 aliphatic carbocycles. The van der Waals surface area contributed by atoms with Crippen LogP contribution >= 0.6 is 0 Å². The van der Waals surface area contributed by atoms with Gasteiger partial charge in [0.05, 0.1) is 7.11 Å². The zero-order chi connectivity index (χ0) is 10.1. The molecule has 1 aliphatic rings. The third kappa shape index (κ3) is 1.77. The van der Waals surface area contributed by atoms with E-state index in [9.17, 15) is 0 Å². The third-order valence-corrected chi connectivity index (χ3v) is 3.22. The van der Waals surface area contributed by atoms with E-state index in [0.717, 1.165) is 23.5 Å². The molecule has 0 bridgehead atoms. The summed E-state index contributed by atoms with van der Waals surface area (Å²) >= 11 is 0.